The predicted molar refractivity (Wildman–Crippen MR) is 81.8 cm³/mol. The SMILES string of the molecule is OCC1CCN(CC(O)COc2c(F)cc(Br)cc2F)CC1. The summed E-state index contributed by atoms with van der Waals surface area (Å²) in [5, 5.41) is 19.0. The fourth-order valence-electron chi connectivity index (χ4n) is 2.55. The smallest absolute Gasteiger partial charge is 0.190 e. The third kappa shape index (κ3) is 4.87. The maximum atomic E-state index is 13.6. The van der Waals surface area contributed by atoms with Crippen LogP contribution in [0.1, 0.15) is 12.8 Å². The third-order valence-corrected chi connectivity index (χ3v) is 4.28. The first-order valence-corrected chi connectivity index (χ1v) is 8.07. The maximum Gasteiger partial charge on any atom is 0.190 e. The van der Waals surface area contributed by atoms with Crippen LogP contribution in [0.2, 0.25) is 0 Å². The molecule has 1 heterocycles. The highest BCUT2D eigenvalue weighted by Crippen LogP contribution is 2.26. The summed E-state index contributed by atoms with van der Waals surface area (Å²) in [6.45, 7) is 2.00. The Morgan fingerprint density at radius 1 is 1.27 bits per heavy atom. The number of nitrogens with zero attached hydrogens (tertiary/aromatic N) is 1. The molecule has 1 aliphatic heterocycles. The van der Waals surface area contributed by atoms with Crippen LogP contribution in [0.25, 0.3) is 0 Å². The van der Waals surface area contributed by atoms with E-state index in [1.807, 2.05) is 0 Å². The van der Waals surface area contributed by atoms with Gasteiger partial charge in [0.25, 0.3) is 0 Å². The van der Waals surface area contributed by atoms with Crippen molar-refractivity contribution in [1.82, 2.24) is 4.90 Å². The van der Waals surface area contributed by atoms with Gasteiger partial charge in [-0.1, -0.05) is 15.9 Å². The predicted octanol–water partition coefficient (Wildman–Crippen LogP) is 2.17. The van der Waals surface area contributed by atoms with Crippen molar-refractivity contribution in [2.75, 3.05) is 32.8 Å². The lowest BCUT2D eigenvalue weighted by Gasteiger charge is -2.32. The number of likely N-dealkylation sites (tertiary alicyclic amines) is 1. The average Bonchev–Trinajstić information content (AvgIpc) is 2.47. The molecule has 0 amide bonds. The van der Waals surface area contributed by atoms with Crippen molar-refractivity contribution in [3.8, 4) is 5.75 Å². The number of aliphatic hydroxyl groups excluding tert-OH is 2. The van der Waals surface area contributed by atoms with E-state index in [1.165, 1.54) is 0 Å². The molecule has 1 unspecified atom stereocenters. The van der Waals surface area contributed by atoms with E-state index in [1.54, 1.807) is 0 Å². The molecule has 1 aromatic carbocycles. The van der Waals surface area contributed by atoms with E-state index in [-0.39, 0.29) is 13.2 Å². The van der Waals surface area contributed by atoms with Gasteiger partial charge in [0, 0.05) is 17.6 Å². The van der Waals surface area contributed by atoms with E-state index < -0.39 is 23.5 Å². The number of hydrogen-bond acceptors (Lipinski definition) is 4. The fourth-order valence-corrected chi connectivity index (χ4v) is 2.95. The fraction of sp³-hybridized carbons (Fsp3) is 0.600. The summed E-state index contributed by atoms with van der Waals surface area (Å²) in [6.07, 6.45) is 0.952. The normalized spacial score (nSPS) is 18.4. The number of rotatable bonds is 6. The molecule has 1 atom stereocenters. The molecular weight excluding hydrogens is 360 g/mol. The molecule has 1 aromatic rings. The molecule has 22 heavy (non-hydrogen) atoms. The van der Waals surface area contributed by atoms with Crippen LogP contribution >= 0.6 is 15.9 Å². The largest absolute Gasteiger partial charge is 0.485 e. The van der Waals surface area contributed by atoms with Crippen molar-refractivity contribution >= 4 is 15.9 Å². The highest BCUT2D eigenvalue weighted by atomic mass is 79.9. The van der Waals surface area contributed by atoms with Crippen molar-refractivity contribution in [2.45, 2.75) is 18.9 Å². The summed E-state index contributed by atoms with van der Waals surface area (Å²) in [6, 6.07) is 2.23. The number of aliphatic hydroxyl groups is 2. The molecule has 0 aliphatic carbocycles. The van der Waals surface area contributed by atoms with Crippen LogP contribution in [0.5, 0.6) is 5.75 Å². The Labute approximate surface area is 136 Å². The van der Waals surface area contributed by atoms with Crippen molar-refractivity contribution in [1.29, 1.82) is 0 Å². The minimum atomic E-state index is -0.826. The molecule has 0 aromatic heterocycles. The Morgan fingerprint density at radius 2 is 1.86 bits per heavy atom. The second kappa shape index (κ2) is 8.19. The molecule has 1 fully saturated rings. The number of halogens is 3. The Morgan fingerprint density at radius 3 is 2.41 bits per heavy atom. The molecule has 0 spiro atoms. The van der Waals surface area contributed by atoms with E-state index in [0.29, 0.717) is 16.9 Å². The number of hydrogen-bond donors (Lipinski definition) is 2. The van der Waals surface area contributed by atoms with Gasteiger partial charge >= 0.3 is 0 Å². The van der Waals surface area contributed by atoms with E-state index in [9.17, 15) is 13.9 Å². The van der Waals surface area contributed by atoms with Gasteiger partial charge in [-0.25, -0.2) is 8.78 Å². The second-order valence-corrected chi connectivity index (χ2v) is 6.51. The topological polar surface area (TPSA) is 52.9 Å². The van der Waals surface area contributed by atoms with Gasteiger partial charge in [-0.05, 0) is 44.0 Å². The lowest BCUT2D eigenvalue weighted by atomic mass is 9.98. The average molecular weight is 380 g/mol. The highest BCUT2D eigenvalue weighted by Gasteiger charge is 2.21. The number of ether oxygens (including phenoxy) is 1. The summed E-state index contributed by atoms with van der Waals surface area (Å²) in [7, 11) is 0. The molecule has 0 saturated carbocycles. The van der Waals surface area contributed by atoms with Gasteiger partial charge in [0.2, 0.25) is 0 Å². The summed E-state index contributed by atoms with van der Waals surface area (Å²) in [4.78, 5) is 2.06. The van der Waals surface area contributed by atoms with Crippen LogP contribution in [-0.2, 0) is 0 Å². The molecule has 0 bridgehead atoms. The lowest BCUT2D eigenvalue weighted by Crippen LogP contribution is -2.41. The first-order valence-electron chi connectivity index (χ1n) is 7.28. The van der Waals surface area contributed by atoms with Gasteiger partial charge in [-0.2, -0.15) is 0 Å². The molecule has 124 valence electrons. The van der Waals surface area contributed by atoms with Gasteiger partial charge in [0.1, 0.15) is 12.7 Å². The zero-order valence-electron chi connectivity index (χ0n) is 12.1. The quantitative estimate of drug-likeness (QED) is 0.795. The van der Waals surface area contributed by atoms with Gasteiger partial charge in [0.15, 0.2) is 17.4 Å². The van der Waals surface area contributed by atoms with Crippen molar-refractivity contribution in [3.05, 3.63) is 28.2 Å². The molecule has 1 saturated heterocycles. The van der Waals surface area contributed by atoms with Gasteiger partial charge in [-0.15, -0.1) is 0 Å². The monoisotopic (exact) mass is 379 g/mol. The number of benzene rings is 1. The number of piperidine rings is 1. The van der Waals surface area contributed by atoms with Crippen molar-refractivity contribution in [3.63, 3.8) is 0 Å². The van der Waals surface area contributed by atoms with Crippen LogP contribution in [0.4, 0.5) is 8.78 Å². The van der Waals surface area contributed by atoms with E-state index in [4.69, 9.17) is 9.84 Å². The Hall–Kier alpha value is -0.760. The molecule has 1 aliphatic rings. The summed E-state index contributed by atoms with van der Waals surface area (Å²) < 4.78 is 32.6. The second-order valence-electron chi connectivity index (χ2n) is 5.59. The molecule has 4 nitrogen and oxygen atoms in total. The summed E-state index contributed by atoms with van der Waals surface area (Å²) in [5.41, 5.74) is 0. The summed E-state index contributed by atoms with van der Waals surface area (Å²) in [5.74, 6) is -1.75. The van der Waals surface area contributed by atoms with Crippen LogP contribution in [0.3, 0.4) is 0 Å². The number of β-amino-alcohol motifs (C(OH)–C–C–N with tert-alkyl or cyclic N) is 1. The zero-order valence-corrected chi connectivity index (χ0v) is 13.7. The lowest BCUT2D eigenvalue weighted by molar-refractivity contribution is 0.0469. The third-order valence-electron chi connectivity index (χ3n) is 3.82. The van der Waals surface area contributed by atoms with Crippen LogP contribution in [0.15, 0.2) is 16.6 Å². The van der Waals surface area contributed by atoms with Gasteiger partial charge in [0.05, 0.1) is 0 Å². The standard InChI is InChI=1S/C15H20BrF2NO3/c16-11-5-13(17)15(14(18)6-11)22-9-12(21)7-19-3-1-10(8-20)2-4-19/h5-6,10,12,20-21H,1-4,7-9H2. The molecule has 2 rings (SSSR count). The Balaban J connectivity index is 1.80. The first-order chi connectivity index (χ1) is 10.5. The zero-order chi connectivity index (χ0) is 16.1. The van der Waals surface area contributed by atoms with E-state index >= 15 is 0 Å². The van der Waals surface area contributed by atoms with Crippen molar-refractivity contribution < 1.29 is 23.7 Å². The minimum absolute atomic E-state index is 0.171. The van der Waals surface area contributed by atoms with Gasteiger partial charge in [-0.3, -0.25) is 0 Å². The van der Waals surface area contributed by atoms with Crippen LogP contribution in [-0.4, -0.2) is 54.1 Å². The molecule has 0 radical (unpaired) electrons. The Kier molecular flexibility index (Phi) is 6.55. The Bertz CT molecular complexity index is 473. The highest BCUT2D eigenvalue weighted by molar-refractivity contribution is 9.10. The summed E-state index contributed by atoms with van der Waals surface area (Å²) >= 11 is 2.99. The minimum Gasteiger partial charge on any atom is -0.485 e. The van der Waals surface area contributed by atoms with E-state index in [0.717, 1.165) is 38.1 Å². The van der Waals surface area contributed by atoms with Crippen LogP contribution < -0.4 is 4.74 Å². The maximum absolute atomic E-state index is 13.6. The van der Waals surface area contributed by atoms with Crippen molar-refractivity contribution in [2.24, 2.45) is 5.92 Å². The molecular formula is C15H20BrF2NO3. The first kappa shape index (κ1) is 17.6. The molecule has 2 N–H and O–H groups in total. The van der Waals surface area contributed by atoms with Crippen LogP contribution in [0, 0.1) is 17.6 Å². The molecule has 7 heteroatoms. The van der Waals surface area contributed by atoms with E-state index in [2.05, 4.69) is 20.8 Å². The van der Waals surface area contributed by atoms with Gasteiger partial charge < -0.3 is 19.8 Å².